The van der Waals surface area contributed by atoms with E-state index in [1.165, 1.54) is 0 Å². The van der Waals surface area contributed by atoms with Gasteiger partial charge in [-0.3, -0.25) is 0 Å². The van der Waals surface area contributed by atoms with Crippen LogP contribution in [0.5, 0.6) is 0 Å². The van der Waals surface area contributed by atoms with Crippen molar-refractivity contribution in [2.75, 3.05) is 0 Å². The summed E-state index contributed by atoms with van der Waals surface area (Å²) >= 11 is 0.952. The Kier molecular flexibility index (Phi) is 6.02. The summed E-state index contributed by atoms with van der Waals surface area (Å²) in [6.45, 7) is 2.06. The van der Waals surface area contributed by atoms with Gasteiger partial charge in [0.2, 0.25) is 0 Å². The van der Waals surface area contributed by atoms with Gasteiger partial charge in [-0.25, -0.2) is 0 Å². The van der Waals surface area contributed by atoms with E-state index in [0.29, 0.717) is 6.42 Å². The van der Waals surface area contributed by atoms with E-state index in [1.54, 1.807) is 0 Å². The zero-order valence-electron chi connectivity index (χ0n) is 7.03. The van der Waals surface area contributed by atoms with Crippen molar-refractivity contribution in [2.45, 2.75) is 32.6 Å². The second-order valence-electron chi connectivity index (χ2n) is 2.62. The fourth-order valence-corrected chi connectivity index (χ4v) is 2.62. The van der Waals surface area contributed by atoms with Crippen LogP contribution in [0.1, 0.15) is 32.6 Å². The molecule has 0 saturated carbocycles. The normalized spacial score (nSPS) is 13.5. The summed E-state index contributed by atoms with van der Waals surface area (Å²) in [5, 5.41) is 0.288. The molecule has 72 valence electrons. The topological polar surface area (TPSA) is 57.5 Å². The van der Waals surface area contributed by atoms with Crippen LogP contribution >= 0.6 is 11.6 Å². The van der Waals surface area contributed by atoms with Gasteiger partial charge in [0.05, 0.1) is 0 Å². The molecule has 0 radical (unpaired) electrons. The molecule has 12 heavy (non-hydrogen) atoms. The van der Waals surface area contributed by atoms with Gasteiger partial charge in [0.25, 0.3) is 0 Å². The Hall–Kier alpha value is 0.308. The summed E-state index contributed by atoms with van der Waals surface area (Å²) < 4.78 is 27.6. The Bertz CT molecular complexity index is 197. The van der Waals surface area contributed by atoms with Crippen LogP contribution in [0.3, 0.4) is 0 Å². The van der Waals surface area contributed by atoms with E-state index >= 15 is 0 Å². The molecule has 0 amide bonds. The first-order chi connectivity index (χ1) is 5.45. The van der Waals surface area contributed by atoms with Crippen LogP contribution in [-0.2, 0) is 3.74 Å². The predicted molar refractivity (Wildman–Crippen MR) is 49.0 cm³/mol. The van der Waals surface area contributed by atoms with Crippen molar-refractivity contribution in [2.24, 2.45) is 0 Å². The van der Waals surface area contributed by atoms with Gasteiger partial charge in [0.15, 0.2) is 0 Å². The van der Waals surface area contributed by atoms with Crippen molar-refractivity contribution in [3.63, 3.8) is 0 Å². The fourth-order valence-electron chi connectivity index (χ4n) is 0.791. The Balaban J connectivity index is 3.79. The number of rotatable bonds is 5. The maximum absolute atomic E-state index is 10.5. The third-order valence-corrected chi connectivity index (χ3v) is 3.32. The van der Waals surface area contributed by atoms with Crippen LogP contribution in [0.2, 0.25) is 0 Å². The Morgan fingerprint density at radius 2 is 2.08 bits per heavy atom. The van der Waals surface area contributed by atoms with Gasteiger partial charge in [-0.05, 0) is 0 Å². The van der Waals surface area contributed by atoms with Crippen molar-refractivity contribution in [3.8, 4) is 0 Å². The Morgan fingerprint density at radius 1 is 1.50 bits per heavy atom. The van der Waals surface area contributed by atoms with Gasteiger partial charge in [-0.15, -0.1) is 0 Å². The molecule has 3 nitrogen and oxygen atoms in total. The van der Waals surface area contributed by atoms with Crippen LogP contribution in [0.4, 0.5) is 0 Å². The molecular formula is C7H14AsClO3. The van der Waals surface area contributed by atoms with Crippen molar-refractivity contribution in [1.29, 1.82) is 0 Å². The molecule has 0 fully saturated rings. The van der Waals surface area contributed by atoms with Gasteiger partial charge in [-0.2, -0.15) is 0 Å². The van der Waals surface area contributed by atoms with Crippen LogP contribution < -0.4 is 0 Å². The minimum absolute atomic E-state index is 0.288. The first-order valence-corrected chi connectivity index (χ1v) is 7.79. The Labute approximate surface area is 80.4 Å². The molecule has 0 saturated heterocycles. The number of halogens is 1. The number of hydrogen-bond donors (Lipinski definition) is 2. The zero-order valence-corrected chi connectivity index (χ0v) is 9.67. The summed E-state index contributed by atoms with van der Waals surface area (Å²) in [5.41, 5.74) is 0. The molecule has 0 aromatic heterocycles. The zero-order chi connectivity index (χ0) is 9.61. The van der Waals surface area contributed by atoms with E-state index < -0.39 is 14.2 Å². The molecule has 0 rings (SSSR count). The molecule has 0 aliphatic rings. The number of allylic oxidation sites excluding steroid dienone is 1. The standard InChI is InChI=1S/C7H14AsClO3/c1-2-3-4-5-7(9)6-8(10,11)12/h6H,2-5H2,1H3,(H2,10,11,12)/b7-6+. The van der Waals surface area contributed by atoms with E-state index in [0.717, 1.165) is 24.1 Å². The van der Waals surface area contributed by atoms with E-state index in [1.807, 2.05) is 0 Å². The van der Waals surface area contributed by atoms with Gasteiger partial charge < -0.3 is 0 Å². The first-order valence-electron chi connectivity index (χ1n) is 3.88. The summed E-state index contributed by atoms with van der Waals surface area (Å²) in [5.74, 6) is 0. The molecular weight excluding hydrogens is 242 g/mol. The van der Waals surface area contributed by atoms with E-state index in [-0.39, 0.29) is 5.03 Å². The predicted octanol–water partition coefficient (Wildman–Crippen LogP) is 1.58. The second kappa shape index (κ2) is 5.87. The van der Waals surface area contributed by atoms with Gasteiger partial charge in [-0.1, -0.05) is 0 Å². The van der Waals surface area contributed by atoms with Crippen molar-refractivity contribution in [3.05, 3.63) is 9.90 Å². The van der Waals surface area contributed by atoms with Crippen LogP contribution in [-0.4, -0.2) is 22.4 Å². The van der Waals surface area contributed by atoms with E-state index in [2.05, 4.69) is 6.92 Å². The molecule has 0 heterocycles. The minimum atomic E-state index is -4.63. The van der Waals surface area contributed by atoms with Crippen molar-refractivity contribution in [1.82, 2.24) is 0 Å². The maximum atomic E-state index is 10.5. The summed E-state index contributed by atoms with van der Waals surface area (Å²) in [7, 11) is 0. The molecule has 0 atom stereocenters. The third-order valence-electron chi connectivity index (χ3n) is 1.33. The Morgan fingerprint density at radius 3 is 2.50 bits per heavy atom. The molecule has 0 bridgehead atoms. The molecule has 0 aliphatic carbocycles. The number of hydrogen-bond acceptors (Lipinski definition) is 1. The van der Waals surface area contributed by atoms with Gasteiger partial charge >= 0.3 is 80.2 Å². The fraction of sp³-hybridized carbons (Fsp3) is 0.714. The molecule has 0 aromatic carbocycles. The van der Waals surface area contributed by atoms with Crippen LogP contribution in [0.15, 0.2) is 9.90 Å². The molecule has 0 unspecified atom stereocenters. The van der Waals surface area contributed by atoms with Crippen LogP contribution in [0.25, 0.3) is 0 Å². The van der Waals surface area contributed by atoms with Crippen molar-refractivity contribution < 1.29 is 11.9 Å². The number of unbranched alkanes of at least 4 members (excludes halogenated alkanes) is 2. The summed E-state index contributed by atoms with van der Waals surface area (Å²) in [6, 6.07) is 0. The average molecular weight is 257 g/mol. The molecule has 0 spiro atoms. The van der Waals surface area contributed by atoms with Crippen LogP contribution in [0, 0.1) is 0 Å². The second-order valence-corrected chi connectivity index (χ2v) is 6.12. The average Bonchev–Trinajstić information content (AvgIpc) is 1.84. The van der Waals surface area contributed by atoms with Gasteiger partial charge in [0.1, 0.15) is 0 Å². The SMILES string of the molecule is CCCCC/C(Cl)=C\[As](=O)(O)O. The summed E-state index contributed by atoms with van der Waals surface area (Å²) in [4.78, 5) is 0.884. The molecule has 5 heteroatoms. The third kappa shape index (κ3) is 8.41. The molecule has 0 aliphatic heterocycles. The van der Waals surface area contributed by atoms with Crippen molar-refractivity contribution >= 4 is 25.8 Å². The molecule has 0 aromatic rings. The first kappa shape index (κ1) is 12.3. The van der Waals surface area contributed by atoms with E-state index in [4.69, 9.17) is 19.8 Å². The molecule has 2 N–H and O–H groups in total. The monoisotopic (exact) mass is 256 g/mol. The summed E-state index contributed by atoms with van der Waals surface area (Å²) in [6.07, 6.45) is 3.58. The van der Waals surface area contributed by atoms with E-state index in [9.17, 15) is 3.74 Å². The quantitative estimate of drug-likeness (QED) is 0.580. The van der Waals surface area contributed by atoms with Gasteiger partial charge in [0, 0.05) is 0 Å².